The van der Waals surface area contributed by atoms with Gasteiger partial charge in [-0.05, 0) is 32.4 Å². The molecule has 3 heterocycles. The van der Waals surface area contributed by atoms with E-state index in [-0.39, 0.29) is 12.5 Å². The van der Waals surface area contributed by atoms with Crippen molar-refractivity contribution in [2.75, 3.05) is 18.2 Å². The van der Waals surface area contributed by atoms with Crippen LogP contribution in [0.5, 0.6) is 0 Å². The van der Waals surface area contributed by atoms with E-state index in [4.69, 9.17) is 9.98 Å². The highest BCUT2D eigenvalue weighted by Gasteiger charge is 2.42. The summed E-state index contributed by atoms with van der Waals surface area (Å²) in [5, 5.41) is 36.6. The number of aliphatic hydroxyl groups excluding tert-OH is 3. The molecular weight excluding hydrogens is 462 g/mol. The highest BCUT2D eigenvalue weighted by Crippen LogP contribution is 2.32. The Kier molecular flexibility index (Phi) is 6.66. The van der Waals surface area contributed by atoms with Crippen LogP contribution in [-0.2, 0) is 0 Å². The molecule has 0 bridgehead atoms. The van der Waals surface area contributed by atoms with Crippen LogP contribution in [0.25, 0.3) is 16.8 Å². The number of nitrogens with one attached hydrogen (secondary N) is 1. The Morgan fingerprint density at radius 3 is 2.49 bits per heavy atom. The van der Waals surface area contributed by atoms with Crippen LogP contribution in [-0.4, -0.2) is 62.6 Å². The van der Waals surface area contributed by atoms with Crippen LogP contribution >= 0.6 is 11.3 Å². The first-order chi connectivity index (χ1) is 16.9. The first kappa shape index (κ1) is 23.6. The molecule has 182 valence electrons. The van der Waals surface area contributed by atoms with E-state index in [9.17, 15) is 15.3 Å². The second-order valence-corrected chi connectivity index (χ2v) is 9.94. The fourth-order valence-electron chi connectivity index (χ4n) is 4.67. The van der Waals surface area contributed by atoms with Crippen LogP contribution in [0.3, 0.4) is 0 Å². The molecule has 0 amide bonds. The fraction of sp³-hybridized carbons (Fsp3) is 0.346. The monoisotopic (exact) mass is 491 g/mol. The fourth-order valence-corrected chi connectivity index (χ4v) is 5.51. The summed E-state index contributed by atoms with van der Waals surface area (Å²) in [5.41, 5.74) is 5.59. The van der Waals surface area contributed by atoms with Gasteiger partial charge in [-0.2, -0.15) is 0 Å². The van der Waals surface area contributed by atoms with Crippen LogP contribution in [0, 0.1) is 19.8 Å². The van der Waals surface area contributed by atoms with Gasteiger partial charge >= 0.3 is 0 Å². The number of aliphatic hydroxyl groups is 3. The van der Waals surface area contributed by atoms with Crippen LogP contribution in [0.2, 0.25) is 0 Å². The SMILES string of the molecule is Cc1cc(N2C=C(c3nc(-c4ccccc4)cs3)C(N[C@@H]3C[C@H](CO)[C@@H](O)[C@H]3O)=NC2)cc(C)n1. The van der Waals surface area contributed by atoms with E-state index in [1.54, 1.807) is 0 Å². The number of rotatable bonds is 5. The molecule has 2 aromatic heterocycles. The number of aryl methyl sites for hydroxylation is 2. The summed E-state index contributed by atoms with van der Waals surface area (Å²) in [4.78, 5) is 16.2. The predicted molar refractivity (Wildman–Crippen MR) is 138 cm³/mol. The van der Waals surface area contributed by atoms with Gasteiger partial charge in [-0.1, -0.05) is 30.3 Å². The molecule has 3 aromatic rings. The number of nitrogens with zero attached hydrogens (tertiary/aromatic N) is 4. The average Bonchev–Trinajstić information content (AvgIpc) is 3.45. The lowest BCUT2D eigenvalue weighted by molar-refractivity contribution is 0.00144. The number of amidine groups is 1. The van der Waals surface area contributed by atoms with Gasteiger partial charge in [0.25, 0.3) is 0 Å². The number of hydrogen-bond acceptors (Lipinski definition) is 9. The molecule has 1 aliphatic carbocycles. The molecule has 9 heteroatoms. The van der Waals surface area contributed by atoms with Gasteiger partial charge in [0.15, 0.2) is 0 Å². The number of benzene rings is 1. The molecule has 4 atom stereocenters. The standard InChI is InChI=1S/C26H29N5O3S/c1-15-8-19(9-16(2)28-15)31-11-20(26-30-22(13-35-26)17-6-4-3-5-7-17)25(27-14-31)29-21-10-18(12-32)23(33)24(21)34/h3-9,11,13,18,21,23-24,32-34H,10,12,14H2,1-2H3,(H,27,29)/t18-,21-,23-,24+/m1/s1. The maximum atomic E-state index is 10.6. The third kappa shape index (κ3) is 4.85. The maximum Gasteiger partial charge on any atom is 0.135 e. The number of hydrogen-bond donors (Lipinski definition) is 4. The Morgan fingerprint density at radius 2 is 1.80 bits per heavy atom. The van der Waals surface area contributed by atoms with Gasteiger partial charge in [0.05, 0.1) is 23.4 Å². The Labute approximate surface area is 208 Å². The van der Waals surface area contributed by atoms with Crippen LogP contribution < -0.4 is 10.2 Å². The molecule has 1 aromatic carbocycles. The van der Waals surface area contributed by atoms with E-state index in [0.717, 1.165) is 38.9 Å². The molecule has 4 N–H and O–H groups in total. The Bertz CT molecular complexity index is 1240. The molecule has 1 saturated carbocycles. The largest absolute Gasteiger partial charge is 0.396 e. The van der Waals surface area contributed by atoms with Gasteiger partial charge < -0.3 is 25.5 Å². The first-order valence-corrected chi connectivity index (χ1v) is 12.5. The molecule has 8 nitrogen and oxygen atoms in total. The lowest BCUT2D eigenvalue weighted by Gasteiger charge is -2.28. The van der Waals surface area contributed by atoms with Gasteiger partial charge in [-0.3, -0.25) is 4.98 Å². The summed E-state index contributed by atoms with van der Waals surface area (Å²) in [5.74, 6) is 0.246. The summed E-state index contributed by atoms with van der Waals surface area (Å²) < 4.78 is 0. The molecule has 0 unspecified atom stereocenters. The van der Waals surface area contributed by atoms with E-state index in [2.05, 4.69) is 15.2 Å². The minimum atomic E-state index is -0.990. The molecule has 5 rings (SSSR count). The van der Waals surface area contributed by atoms with E-state index < -0.39 is 18.2 Å². The Balaban J connectivity index is 1.49. The molecule has 0 radical (unpaired) electrons. The summed E-state index contributed by atoms with van der Waals surface area (Å²) in [7, 11) is 0. The van der Waals surface area contributed by atoms with Crippen molar-refractivity contribution in [3.05, 3.63) is 70.4 Å². The van der Waals surface area contributed by atoms with Crippen molar-refractivity contribution >= 4 is 28.4 Å². The molecule has 0 spiro atoms. The lowest BCUT2D eigenvalue weighted by atomic mass is 10.1. The van der Waals surface area contributed by atoms with Crippen LogP contribution in [0.1, 0.15) is 22.8 Å². The molecule has 1 fully saturated rings. The molecule has 0 saturated heterocycles. The van der Waals surface area contributed by atoms with E-state index in [1.807, 2.05) is 67.9 Å². The second-order valence-electron chi connectivity index (χ2n) is 9.08. The highest BCUT2D eigenvalue weighted by molar-refractivity contribution is 7.11. The van der Waals surface area contributed by atoms with E-state index in [0.29, 0.717) is 18.9 Å². The molecule has 1 aliphatic heterocycles. The van der Waals surface area contributed by atoms with Gasteiger partial charge in [0.2, 0.25) is 0 Å². The highest BCUT2D eigenvalue weighted by atomic mass is 32.1. The second kappa shape index (κ2) is 9.87. The number of thiazole rings is 1. The van der Waals surface area contributed by atoms with Crippen molar-refractivity contribution in [1.82, 2.24) is 15.3 Å². The van der Waals surface area contributed by atoms with Crippen molar-refractivity contribution in [2.45, 2.75) is 38.5 Å². The zero-order chi connectivity index (χ0) is 24.5. The van der Waals surface area contributed by atoms with Crippen molar-refractivity contribution < 1.29 is 15.3 Å². The quantitative estimate of drug-likeness (QED) is 0.434. The summed E-state index contributed by atoms with van der Waals surface area (Å²) in [6.07, 6.45) is 0.511. The van der Waals surface area contributed by atoms with Crippen molar-refractivity contribution in [3.8, 4) is 11.3 Å². The Morgan fingerprint density at radius 1 is 1.06 bits per heavy atom. The summed E-state index contributed by atoms with van der Waals surface area (Å²) in [6, 6.07) is 13.6. The zero-order valence-electron chi connectivity index (χ0n) is 19.7. The first-order valence-electron chi connectivity index (χ1n) is 11.7. The van der Waals surface area contributed by atoms with Crippen LogP contribution in [0.4, 0.5) is 5.69 Å². The molecule has 35 heavy (non-hydrogen) atoms. The average molecular weight is 492 g/mol. The number of pyridine rings is 1. The summed E-state index contributed by atoms with van der Waals surface area (Å²) >= 11 is 1.53. The van der Waals surface area contributed by atoms with E-state index in [1.165, 1.54) is 11.3 Å². The predicted octanol–water partition coefficient (Wildman–Crippen LogP) is 2.73. The van der Waals surface area contributed by atoms with Crippen molar-refractivity contribution in [2.24, 2.45) is 10.9 Å². The van der Waals surface area contributed by atoms with Crippen LogP contribution in [0.15, 0.2) is 59.0 Å². The number of aromatic nitrogens is 2. The number of aliphatic imine (C=N–C) groups is 1. The third-order valence-electron chi connectivity index (χ3n) is 6.48. The van der Waals surface area contributed by atoms with Gasteiger partial charge in [-0.15, -0.1) is 11.3 Å². The Hall–Kier alpha value is -3.11. The normalized spacial score (nSPS) is 24.3. The minimum Gasteiger partial charge on any atom is -0.396 e. The number of anilines is 1. The minimum absolute atomic E-state index is 0.174. The lowest BCUT2D eigenvalue weighted by Crippen LogP contribution is -2.45. The summed E-state index contributed by atoms with van der Waals surface area (Å²) in [6.45, 7) is 4.16. The van der Waals surface area contributed by atoms with Crippen molar-refractivity contribution in [3.63, 3.8) is 0 Å². The third-order valence-corrected chi connectivity index (χ3v) is 7.36. The van der Waals surface area contributed by atoms with Gasteiger partial charge in [0.1, 0.15) is 23.6 Å². The zero-order valence-corrected chi connectivity index (χ0v) is 20.5. The topological polar surface area (TPSA) is 114 Å². The van der Waals surface area contributed by atoms with Gasteiger partial charge in [-0.25, -0.2) is 9.98 Å². The van der Waals surface area contributed by atoms with E-state index >= 15 is 0 Å². The molecule has 2 aliphatic rings. The molecular formula is C26H29N5O3S. The maximum absolute atomic E-state index is 10.6. The van der Waals surface area contributed by atoms with Gasteiger partial charge in [0, 0.05) is 46.7 Å². The smallest absolute Gasteiger partial charge is 0.135 e. The van der Waals surface area contributed by atoms with Crippen molar-refractivity contribution in [1.29, 1.82) is 0 Å².